The highest BCUT2D eigenvalue weighted by Gasteiger charge is 2.21. The van der Waals surface area contributed by atoms with Crippen molar-refractivity contribution in [2.75, 3.05) is 4.90 Å². The molecule has 240 valence electrons. The molecule has 4 nitrogen and oxygen atoms in total. The fraction of sp³-hybridized carbons (Fsp3) is 0. The molecular weight excluding hydrogens is 623 g/mol. The van der Waals surface area contributed by atoms with Crippen molar-refractivity contribution in [3.05, 3.63) is 188 Å². The third-order valence-corrected chi connectivity index (χ3v) is 9.82. The lowest BCUT2D eigenvalue weighted by Gasteiger charge is -2.27. The smallest absolute Gasteiger partial charge is 0.227 e. The van der Waals surface area contributed by atoms with Crippen molar-refractivity contribution in [2.24, 2.45) is 0 Å². The zero-order chi connectivity index (χ0) is 33.7. The first kappa shape index (κ1) is 29.0. The first-order valence-corrected chi connectivity index (χ1v) is 17.2. The van der Waals surface area contributed by atoms with Crippen LogP contribution in [0.25, 0.3) is 71.9 Å². The summed E-state index contributed by atoms with van der Waals surface area (Å²) in [6, 6.07) is 66.3. The molecule has 0 amide bonds. The highest BCUT2D eigenvalue weighted by Crippen LogP contribution is 2.43. The van der Waals surface area contributed by atoms with Gasteiger partial charge < -0.3 is 13.9 Å². The molecule has 8 aromatic carbocycles. The second kappa shape index (κ2) is 11.9. The van der Waals surface area contributed by atoms with Crippen LogP contribution in [0.2, 0.25) is 0 Å². The van der Waals surface area contributed by atoms with Crippen molar-refractivity contribution in [3.63, 3.8) is 0 Å². The van der Waals surface area contributed by atoms with Crippen LogP contribution in [0.5, 0.6) is 0 Å². The van der Waals surface area contributed by atoms with Crippen LogP contribution in [-0.2, 0) is 0 Å². The summed E-state index contributed by atoms with van der Waals surface area (Å²) < 4.78 is 8.66. The molecular formula is C47H31N3O. The molecule has 2 aromatic heterocycles. The van der Waals surface area contributed by atoms with Crippen molar-refractivity contribution < 1.29 is 4.42 Å². The number of benzene rings is 8. The van der Waals surface area contributed by atoms with Crippen LogP contribution >= 0.6 is 0 Å². The largest absolute Gasteiger partial charge is 0.436 e. The van der Waals surface area contributed by atoms with Crippen molar-refractivity contribution in [1.29, 1.82) is 0 Å². The molecule has 51 heavy (non-hydrogen) atoms. The van der Waals surface area contributed by atoms with Gasteiger partial charge in [-0.15, -0.1) is 0 Å². The van der Waals surface area contributed by atoms with Gasteiger partial charge in [-0.25, -0.2) is 4.98 Å². The van der Waals surface area contributed by atoms with Gasteiger partial charge in [0.1, 0.15) is 5.52 Å². The number of hydrogen-bond donors (Lipinski definition) is 0. The van der Waals surface area contributed by atoms with E-state index in [0.717, 1.165) is 55.7 Å². The average molecular weight is 654 g/mol. The fourth-order valence-corrected chi connectivity index (χ4v) is 7.44. The predicted octanol–water partition coefficient (Wildman–Crippen LogP) is 12.9. The molecule has 0 atom stereocenters. The van der Waals surface area contributed by atoms with E-state index in [4.69, 9.17) is 9.40 Å². The van der Waals surface area contributed by atoms with Gasteiger partial charge in [-0.05, 0) is 83.9 Å². The Hall–Kier alpha value is -6.91. The first-order chi connectivity index (χ1) is 25.3. The molecule has 10 aromatic rings. The molecule has 4 heteroatoms. The van der Waals surface area contributed by atoms with E-state index in [0.29, 0.717) is 5.89 Å². The van der Waals surface area contributed by atoms with Crippen LogP contribution < -0.4 is 4.90 Å². The lowest BCUT2D eigenvalue weighted by molar-refractivity contribution is 0.620. The van der Waals surface area contributed by atoms with Crippen LogP contribution in [0.3, 0.4) is 0 Å². The summed E-state index contributed by atoms with van der Waals surface area (Å²) in [6.07, 6.45) is 0. The lowest BCUT2D eigenvalue weighted by Crippen LogP contribution is -2.10. The Morgan fingerprint density at radius 3 is 1.82 bits per heavy atom. The van der Waals surface area contributed by atoms with Crippen LogP contribution in [0.15, 0.2) is 192 Å². The molecule has 0 N–H and O–H groups in total. The Bertz CT molecular complexity index is 2840. The highest BCUT2D eigenvalue weighted by molar-refractivity contribution is 6.12. The number of nitrogens with zero attached hydrogens (tertiary/aromatic N) is 3. The molecule has 2 heterocycles. The highest BCUT2D eigenvalue weighted by atomic mass is 16.3. The average Bonchev–Trinajstić information content (AvgIpc) is 3.79. The molecule has 0 unspecified atom stereocenters. The number of rotatable bonds is 6. The zero-order valence-electron chi connectivity index (χ0n) is 27.6. The van der Waals surface area contributed by atoms with Gasteiger partial charge >= 0.3 is 0 Å². The van der Waals surface area contributed by atoms with Crippen LogP contribution in [0, 0.1) is 0 Å². The monoisotopic (exact) mass is 653 g/mol. The van der Waals surface area contributed by atoms with Crippen LogP contribution in [-0.4, -0.2) is 9.55 Å². The standard InChI is InChI=1S/C47H31N3O/c1-4-13-32(14-5-1)33-23-25-36(26-24-33)49(37-27-28-39-38-19-10-11-21-43(38)50(44(39)31-37)35-17-8-3-9-18-35)42-22-12-20-41-40(42)29-30-45-46(41)48-47(51-45)34-15-6-2-7-16-34/h1-31H. The zero-order valence-corrected chi connectivity index (χ0v) is 27.6. The van der Waals surface area contributed by atoms with E-state index < -0.39 is 0 Å². The summed E-state index contributed by atoms with van der Waals surface area (Å²) in [5.41, 5.74) is 11.6. The molecule has 0 aliphatic heterocycles. The number of hydrogen-bond acceptors (Lipinski definition) is 3. The first-order valence-electron chi connectivity index (χ1n) is 17.2. The molecule has 10 rings (SSSR count). The number of oxazole rings is 1. The summed E-state index contributed by atoms with van der Waals surface area (Å²) in [5.74, 6) is 0.621. The van der Waals surface area contributed by atoms with Crippen LogP contribution in [0.4, 0.5) is 17.1 Å². The molecule has 0 saturated carbocycles. The van der Waals surface area contributed by atoms with E-state index in [1.807, 2.05) is 36.4 Å². The van der Waals surface area contributed by atoms with Gasteiger partial charge in [0.05, 0.1) is 16.7 Å². The SMILES string of the molecule is c1ccc(-c2ccc(N(c3ccc4c5ccccc5n(-c5ccccc5)c4c3)c3cccc4c3ccc3oc(-c5ccccc5)nc34)cc2)cc1. The maximum atomic E-state index is 6.29. The Balaban J connectivity index is 1.21. The fourth-order valence-electron chi connectivity index (χ4n) is 7.44. The van der Waals surface area contributed by atoms with Crippen molar-refractivity contribution in [2.45, 2.75) is 0 Å². The molecule has 0 spiro atoms. The van der Waals surface area contributed by atoms with Gasteiger partial charge in [-0.2, -0.15) is 0 Å². The van der Waals surface area contributed by atoms with E-state index in [1.54, 1.807) is 0 Å². The molecule has 0 fully saturated rings. The Morgan fingerprint density at radius 2 is 1.04 bits per heavy atom. The minimum Gasteiger partial charge on any atom is -0.436 e. The Kier molecular flexibility index (Phi) is 6.78. The Labute approximate surface area is 295 Å². The third kappa shape index (κ3) is 4.88. The third-order valence-electron chi connectivity index (χ3n) is 9.82. The van der Waals surface area contributed by atoms with Gasteiger partial charge in [0.2, 0.25) is 5.89 Å². The van der Waals surface area contributed by atoms with Gasteiger partial charge in [0.25, 0.3) is 0 Å². The van der Waals surface area contributed by atoms with E-state index >= 15 is 0 Å². The topological polar surface area (TPSA) is 34.2 Å². The summed E-state index contributed by atoms with van der Waals surface area (Å²) in [7, 11) is 0. The van der Waals surface area contributed by atoms with Gasteiger partial charge in [0, 0.05) is 44.2 Å². The minimum atomic E-state index is 0.621. The molecule has 0 bridgehead atoms. The van der Waals surface area contributed by atoms with E-state index in [9.17, 15) is 0 Å². The maximum Gasteiger partial charge on any atom is 0.227 e. The molecule has 0 saturated heterocycles. The number of fused-ring (bicyclic) bond motifs is 6. The quantitative estimate of drug-likeness (QED) is 0.179. The van der Waals surface area contributed by atoms with Gasteiger partial charge in [-0.1, -0.05) is 115 Å². The predicted molar refractivity (Wildman–Crippen MR) is 211 cm³/mol. The summed E-state index contributed by atoms with van der Waals surface area (Å²) >= 11 is 0. The van der Waals surface area contributed by atoms with E-state index in [-0.39, 0.29) is 0 Å². The summed E-state index contributed by atoms with van der Waals surface area (Å²) in [6.45, 7) is 0. The van der Waals surface area contributed by atoms with Gasteiger partial charge in [0.15, 0.2) is 5.58 Å². The lowest BCUT2D eigenvalue weighted by atomic mass is 10.0. The van der Waals surface area contributed by atoms with E-state index in [1.165, 1.54) is 27.4 Å². The number of para-hydroxylation sites is 2. The maximum absolute atomic E-state index is 6.29. The normalized spacial score (nSPS) is 11.5. The van der Waals surface area contributed by atoms with Crippen molar-refractivity contribution in [3.8, 4) is 28.3 Å². The van der Waals surface area contributed by atoms with Crippen molar-refractivity contribution >= 4 is 60.7 Å². The Morgan fingerprint density at radius 1 is 0.431 bits per heavy atom. The molecule has 0 radical (unpaired) electrons. The molecule has 0 aliphatic rings. The summed E-state index contributed by atoms with van der Waals surface area (Å²) in [5, 5.41) is 4.58. The number of anilines is 3. The van der Waals surface area contributed by atoms with E-state index in [2.05, 4.69) is 161 Å². The minimum absolute atomic E-state index is 0.621. The second-order valence-corrected chi connectivity index (χ2v) is 12.8. The second-order valence-electron chi connectivity index (χ2n) is 12.8. The van der Waals surface area contributed by atoms with Gasteiger partial charge in [-0.3, -0.25) is 0 Å². The van der Waals surface area contributed by atoms with Crippen molar-refractivity contribution in [1.82, 2.24) is 9.55 Å². The summed E-state index contributed by atoms with van der Waals surface area (Å²) in [4.78, 5) is 7.39. The van der Waals surface area contributed by atoms with Crippen LogP contribution in [0.1, 0.15) is 0 Å². The molecule has 0 aliphatic carbocycles. The number of aromatic nitrogens is 2.